The van der Waals surface area contributed by atoms with Crippen molar-refractivity contribution in [1.29, 1.82) is 0 Å². The molecule has 1 heterocycles. The highest BCUT2D eigenvalue weighted by atomic mass is 19.4. The molecule has 1 atom stereocenters. The van der Waals surface area contributed by atoms with Gasteiger partial charge < -0.3 is 14.4 Å². The number of allylic oxidation sites excluding steroid dienone is 1. The van der Waals surface area contributed by atoms with Crippen molar-refractivity contribution in [1.82, 2.24) is 10.5 Å². The number of nitrogens with zero attached hydrogens (tertiary/aromatic N) is 1. The molecule has 0 amide bonds. The standard InChI is InChI=1S/C23H23F3N2O3/c1-14-8-20(15(2)10-16(3)28-29)22(17-4-6-18(7-5-17)23(24,25)26)21(9-14)31-12-19-11-30-13-27-19/h4-11,13,16,28-29H,12H2,1-3H3. The van der Waals surface area contributed by atoms with Gasteiger partial charge >= 0.3 is 6.18 Å². The van der Waals surface area contributed by atoms with Crippen LogP contribution in [-0.4, -0.2) is 16.2 Å². The van der Waals surface area contributed by atoms with E-state index in [1.807, 2.05) is 32.1 Å². The largest absolute Gasteiger partial charge is 0.486 e. The van der Waals surface area contributed by atoms with E-state index in [1.54, 1.807) is 6.92 Å². The summed E-state index contributed by atoms with van der Waals surface area (Å²) in [5.41, 5.74) is 5.81. The van der Waals surface area contributed by atoms with E-state index in [0.717, 1.165) is 28.8 Å². The smallest absolute Gasteiger partial charge is 0.416 e. The van der Waals surface area contributed by atoms with Gasteiger partial charge in [-0.1, -0.05) is 24.3 Å². The number of oxazole rings is 1. The maximum absolute atomic E-state index is 13.0. The summed E-state index contributed by atoms with van der Waals surface area (Å²) in [5, 5.41) is 9.18. The Kier molecular flexibility index (Phi) is 6.82. The molecule has 0 fully saturated rings. The fourth-order valence-corrected chi connectivity index (χ4v) is 3.26. The van der Waals surface area contributed by atoms with Gasteiger partial charge in [-0.2, -0.15) is 18.7 Å². The van der Waals surface area contributed by atoms with Crippen LogP contribution in [0, 0.1) is 6.92 Å². The maximum Gasteiger partial charge on any atom is 0.416 e. The molecule has 2 N–H and O–H groups in total. The summed E-state index contributed by atoms with van der Waals surface area (Å²) in [6.07, 6.45) is 0.171. The summed E-state index contributed by atoms with van der Waals surface area (Å²) in [7, 11) is 0. The minimum Gasteiger partial charge on any atom is -0.486 e. The minimum absolute atomic E-state index is 0.143. The molecule has 0 bridgehead atoms. The van der Waals surface area contributed by atoms with Gasteiger partial charge in [0.15, 0.2) is 6.39 Å². The molecule has 0 spiro atoms. The first-order valence-electron chi connectivity index (χ1n) is 9.59. The number of nitrogens with one attached hydrogen (secondary N) is 1. The number of benzene rings is 2. The molecule has 1 unspecified atom stereocenters. The Morgan fingerprint density at radius 1 is 1.26 bits per heavy atom. The summed E-state index contributed by atoms with van der Waals surface area (Å²) in [6, 6.07) is 8.42. The fourth-order valence-electron chi connectivity index (χ4n) is 3.26. The zero-order valence-electron chi connectivity index (χ0n) is 17.3. The number of hydrogen-bond acceptors (Lipinski definition) is 5. The Balaban J connectivity index is 2.12. The highest BCUT2D eigenvalue weighted by molar-refractivity contribution is 5.85. The predicted octanol–water partition coefficient (Wildman–Crippen LogP) is 6.02. The summed E-state index contributed by atoms with van der Waals surface area (Å²) < 4.78 is 50.1. The number of hydrogen-bond donors (Lipinski definition) is 2. The maximum atomic E-state index is 13.0. The van der Waals surface area contributed by atoms with Crippen LogP contribution in [0.5, 0.6) is 5.75 Å². The van der Waals surface area contributed by atoms with Gasteiger partial charge in [-0.15, -0.1) is 0 Å². The van der Waals surface area contributed by atoms with Crippen molar-refractivity contribution in [2.75, 3.05) is 0 Å². The topological polar surface area (TPSA) is 67.5 Å². The zero-order valence-corrected chi connectivity index (χ0v) is 17.3. The molecule has 164 valence electrons. The van der Waals surface area contributed by atoms with Crippen LogP contribution < -0.4 is 10.2 Å². The van der Waals surface area contributed by atoms with Gasteiger partial charge in [0.1, 0.15) is 24.3 Å². The van der Waals surface area contributed by atoms with Gasteiger partial charge in [0.25, 0.3) is 0 Å². The molecule has 0 aliphatic rings. The molecular formula is C23H23F3N2O3. The summed E-state index contributed by atoms with van der Waals surface area (Å²) in [6.45, 7) is 5.70. The molecule has 0 aliphatic carbocycles. The van der Waals surface area contributed by atoms with E-state index in [2.05, 4.69) is 10.5 Å². The van der Waals surface area contributed by atoms with Gasteiger partial charge in [-0.05, 0) is 61.2 Å². The summed E-state index contributed by atoms with van der Waals surface area (Å²) >= 11 is 0. The van der Waals surface area contributed by atoms with E-state index in [1.165, 1.54) is 24.8 Å². The molecule has 0 radical (unpaired) electrons. The second-order valence-electron chi connectivity index (χ2n) is 7.30. The number of alkyl halides is 3. The van der Waals surface area contributed by atoms with Crippen LogP contribution in [0.1, 0.15) is 36.2 Å². The first kappa shape index (κ1) is 22.6. The fraction of sp³-hybridized carbons (Fsp3) is 0.261. The van der Waals surface area contributed by atoms with E-state index in [0.29, 0.717) is 22.6 Å². The van der Waals surface area contributed by atoms with Crippen molar-refractivity contribution in [2.45, 2.75) is 39.6 Å². The average Bonchev–Trinajstić information content (AvgIpc) is 3.24. The first-order chi connectivity index (χ1) is 14.7. The Morgan fingerprint density at radius 3 is 2.55 bits per heavy atom. The number of rotatable bonds is 7. The van der Waals surface area contributed by atoms with Gasteiger partial charge in [0, 0.05) is 11.6 Å². The van der Waals surface area contributed by atoms with E-state index < -0.39 is 11.7 Å². The normalized spacial score (nSPS) is 13.3. The first-order valence-corrected chi connectivity index (χ1v) is 9.59. The van der Waals surface area contributed by atoms with Crippen LogP contribution >= 0.6 is 0 Å². The van der Waals surface area contributed by atoms with Crippen molar-refractivity contribution in [3.05, 3.63) is 77.5 Å². The van der Waals surface area contributed by atoms with Gasteiger partial charge in [-0.3, -0.25) is 0 Å². The Hall–Kier alpha value is -3.10. The Bertz CT molecular complexity index is 1040. The number of aromatic nitrogens is 1. The quantitative estimate of drug-likeness (QED) is 0.447. The SMILES string of the molecule is CC(=CC(C)NO)c1cc(C)cc(OCc2cocn2)c1-c1ccc(C(F)(F)F)cc1. The van der Waals surface area contributed by atoms with Crippen LogP contribution in [0.3, 0.4) is 0 Å². The van der Waals surface area contributed by atoms with Crippen molar-refractivity contribution in [3.8, 4) is 16.9 Å². The van der Waals surface area contributed by atoms with Crippen molar-refractivity contribution >= 4 is 5.57 Å². The molecule has 0 saturated heterocycles. The molecule has 5 nitrogen and oxygen atoms in total. The molecule has 31 heavy (non-hydrogen) atoms. The lowest BCUT2D eigenvalue weighted by atomic mass is 9.91. The minimum atomic E-state index is -4.42. The average molecular weight is 432 g/mol. The second kappa shape index (κ2) is 9.36. The molecular weight excluding hydrogens is 409 g/mol. The van der Waals surface area contributed by atoms with Crippen molar-refractivity contribution in [2.24, 2.45) is 0 Å². The number of halogens is 3. The second-order valence-corrected chi connectivity index (χ2v) is 7.30. The predicted molar refractivity (Wildman–Crippen MR) is 110 cm³/mol. The summed E-state index contributed by atoms with van der Waals surface area (Å²) in [4.78, 5) is 4.04. The monoisotopic (exact) mass is 432 g/mol. The third-order valence-electron chi connectivity index (χ3n) is 4.73. The highest BCUT2D eigenvalue weighted by Gasteiger charge is 2.30. The van der Waals surface area contributed by atoms with Crippen LogP contribution in [0.4, 0.5) is 13.2 Å². The van der Waals surface area contributed by atoms with Crippen LogP contribution in [0.2, 0.25) is 0 Å². The van der Waals surface area contributed by atoms with Crippen molar-refractivity contribution in [3.63, 3.8) is 0 Å². The molecule has 3 aromatic rings. The van der Waals surface area contributed by atoms with Gasteiger partial charge in [0.05, 0.1) is 5.56 Å². The molecule has 8 heteroatoms. The molecule has 0 saturated carbocycles. The van der Waals surface area contributed by atoms with Crippen molar-refractivity contribution < 1.29 is 27.5 Å². The van der Waals surface area contributed by atoms with E-state index in [9.17, 15) is 18.4 Å². The molecule has 2 aromatic carbocycles. The van der Waals surface area contributed by atoms with Gasteiger partial charge in [0.2, 0.25) is 0 Å². The molecule has 3 rings (SSSR count). The lowest BCUT2D eigenvalue weighted by Gasteiger charge is -2.19. The van der Waals surface area contributed by atoms with E-state index >= 15 is 0 Å². The number of aryl methyl sites for hydroxylation is 1. The lowest BCUT2D eigenvalue weighted by Crippen LogP contribution is -2.19. The Labute approximate surface area is 178 Å². The lowest BCUT2D eigenvalue weighted by molar-refractivity contribution is -0.137. The van der Waals surface area contributed by atoms with Crippen LogP contribution in [-0.2, 0) is 12.8 Å². The zero-order chi connectivity index (χ0) is 22.6. The van der Waals surface area contributed by atoms with Crippen LogP contribution in [0.15, 0.2) is 59.5 Å². The van der Waals surface area contributed by atoms with E-state index in [-0.39, 0.29) is 12.6 Å². The number of hydroxylamine groups is 1. The molecule has 0 aliphatic heterocycles. The summed E-state index contributed by atoms with van der Waals surface area (Å²) in [5.74, 6) is 0.509. The molecule has 1 aromatic heterocycles. The Morgan fingerprint density at radius 2 is 1.97 bits per heavy atom. The third kappa shape index (κ3) is 5.53. The van der Waals surface area contributed by atoms with E-state index in [4.69, 9.17) is 9.15 Å². The number of ether oxygens (including phenoxy) is 1. The van der Waals surface area contributed by atoms with Crippen LogP contribution in [0.25, 0.3) is 16.7 Å². The third-order valence-corrected chi connectivity index (χ3v) is 4.73. The van der Waals surface area contributed by atoms with Gasteiger partial charge in [-0.25, -0.2) is 4.98 Å². The highest BCUT2D eigenvalue weighted by Crippen LogP contribution is 2.40.